The topological polar surface area (TPSA) is 102 Å². The van der Waals surface area contributed by atoms with Crippen molar-refractivity contribution in [2.24, 2.45) is 0 Å². The Kier molecular flexibility index (Phi) is 8.25. The SMILES string of the molecule is CC(OC(=O)C(Cc1ccccc1)NC(=O)OC(C)(C)C)C(=O)CCO. The van der Waals surface area contributed by atoms with E-state index in [-0.39, 0.29) is 19.4 Å². The lowest BCUT2D eigenvalue weighted by Gasteiger charge is -2.24. The first kappa shape index (κ1) is 21.6. The molecule has 7 nitrogen and oxygen atoms in total. The van der Waals surface area contributed by atoms with Crippen molar-refractivity contribution < 1.29 is 29.0 Å². The van der Waals surface area contributed by atoms with Gasteiger partial charge in [-0.2, -0.15) is 0 Å². The van der Waals surface area contributed by atoms with Gasteiger partial charge in [0.05, 0.1) is 6.61 Å². The van der Waals surface area contributed by atoms with Gasteiger partial charge in [0.1, 0.15) is 11.6 Å². The van der Waals surface area contributed by atoms with E-state index in [9.17, 15) is 14.4 Å². The predicted molar refractivity (Wildman–Crippen MR) is 95.6 cm³/mol. The molecule has 1 rings (SSSR count). The summed E-state index contributed by atoms with van der Waals surface area (Å²) in [6.45, 7) is 6.26. The number of carbonyl (C=O) groups is 3. The van der Waals surface area contributed by atoms with Gasteiger partial charge in [-0.25, -0.2) is 9.59 Å². The summed E-state index contributed by atoms with van der Waals surface area (Å²) in [5.74, 6) is -1.13. The van der Waals surface area contributed by atoms with E-state index in [4.69, 9.17) is 14.6 Å². The zero-order chi connectivity index (χ0) is 19.7. The standard InChI is InChI=1S/C19H27NO6/c1-13(16(22)10-11-21)25-17(23)15(12-14-8-6-5-7-9-14)20-18(24)26-19(2,3)4/h5-9,13,15,21H,10-12H2,1-4H3,(H,20,24). The quantitative estimate of drug-likeness (QED) is 0.683. The minimum absolute atomic E-state index is 0.0999. The Bertz CT molecular complexity index is 608. The lowest BCUT2D eigenvalue weighted by Crippen LogP contribution is -2.46. The number of hydrogen-bond acceptors (Lipinski definition) is 6. The van der Waals surface area contributed by atoms with E-state index in [0.717, 1.165) is 5.56 Å². The number of aliphatic hydroxyl groups excluding tert-OH is 1. The molecule has 0 radical (unpaired) electrons. The molecule has 2 unspecified atom stereocenters. The predicted octanol–water partition coefficient (Wildman–Crippen LogP) is 2.01. The highest BCUT2D eigenvalue weighted by atomic mass is 16.6. The fourth-order valence-electron chi connectivity index (χ4n) is 2.13. The van der Waals surface area contributed by atoms with Crippen LogP contribution >= 0.6 is 0 Å². The Morgan fingerprint density at radius 2 is 1.77 bits per heavy atom. The Labute approximate surface area is 153 Å². The van der Waals surface area contributed by atoms with Crippen molar-refractivity contribution >= 4 is 17.8 Å². The maximum absolute atomic E-state index is 12.5. The van der Waals surface area contributed by atoms with E-state index in [1.165, 1.54) is 6.92 Å². The number of carbonyl (C=O) groups excluding carboxylic acids is 3. The lowest BCUT2D eigenvalue weighted by atomic mass is 10.1. The Hall–Kier alpha value is -2.41. The number of ether oxygens (including phenoxy) is 2. The van der Waals surface area contributed by atoms with Gasteiger partial charge in [-0.3, -0.25) is 4.79 Å². The smallest absolute Gasteiger partial charge is 0.408 e. The third kappa shape index (κ3) is 8.11. The van der Waals surface area contributed by atoms with Crippen LogP contribution in [0.25, 0.3) is 0 Å². The number of hydrogen-bond donors (Lipinski definition) is 2. The van der Waals surface area contributed by atoms with Gasteiger partial charge in [0.15, 0.2) is 11.9 Å². The molecule has 0 saturated heterocycles. The fourth-order valence-corrected chi connectivity index (χ4v) is 2.13. The number of Topliss-reactive ketones (excluding diaryl/α,β-unsaturated/α-hetero) is 1. The van der Waals surface area contributed by atoms with Crippen LogP contribution in [-0.2, 0) is 25.5 Å². The van der Waals surface area contributed by atoms with Crippen molar-refractivity contribution in [3.8, 4) is 0 Å². The van der Waals surface area contributed by atoms with Crippen LogP contribution in [0.2, 0.25) is 0 Å². The van der Waals surface area contributed by atoms with Gasteiger partial charge in [-0.05, 0) is 33.3 Å². The Morgan fingerprint density at radius 1 is 1.15 bits per heavy atom. The molecular formula is C19H27NO6. The molecule has 2 N–H and O–H groups in total. The van der Waals surface area contributed by atoms with Crippen LogP contribution in [0, 0.1) is 0 Å². The number of alkyl carbamates (subject to hydrolysis) is 1. The molecule has 0 spiro atoms. The maximum Gasteiger partial charge on any atom is 0.408 e. The number of ketones is 1. The number of amides is 1. The highest BCUT2D eigenvalue weighted by Gasteiger charge is 2.28. The van der Waals surface area contributed by atoms with Crippen LogP contribution in [0.15, 0.2) is 30.3 Å². The van der Waals surface area contributed by atoms with Crippen LogP contribution in [-0.4, -0.2) is 47.3 Å². The summed E-state index contributed by atoms with van der Waals surface area (Å²) in [5.41, 5.74) is 0.107. The minimum Gasteiger partial charge on any atom is -0.453 e. The largest absolute Gasteiger partial charge is 0.453 e. The van der Waals surface area contributed by atoms with Crippen LogP contribution in [0.5, 0.6) is 0 Å². The van der Waals surface area contributed by atoms with Crippen molar-refractivity contribution in [3.63, 3.8) is 0 Å². The number of aliphatic hydroxyl groups is 1. The summed E-state index contributed by atoms with van der Waals surface area (Å²) in [6, 6.07) is 8.11. The van der Waals surface area contributed by atoms with Gasteiger partial charge in [0, 0.05) is 12.8 Å². The molecule has 0 fully saturated rings. The summed E-state index contributed by atoms with van der Waals surface area (Å²) in [4.78, 5) is 36.2. The number of esters is 1. The van der Waals surface area contributed by atoms with Crippen molar-refractivity contribution in [1.82, 2.24) is 5.32 Å². The van der Waals surface area contributed by atoms with E-state index in [1.807, 2.05) is 30.3 Å². The fraction of sp³-hybridized carbons (Fsp3) is 0.526. The average Bonchev–Trinajstić information content (AvgIpc) is 2.53. The minimum atomic E-state index is -1.01. The molecule has 144 valence electrons. The van der Waals surface area contributed by atoms with Crippen molar-refractivity contribution in [2.45, 2.75) is 58.3 Å². The third-order valence-electron chi connectivity index (χ3n) is 3.36. The van der Waals surface area contributed by atoms with Gasteiger partial charge >= 0.3 is 12.1 Å². The summed E-state index contributed by atoms with van der Waals surface area (Å²) < 4.78 is 10.3. The van der Waals surface area contributed by atoms with Crippen molar-refractivity contribution in [1.29, 1.82) is 0 Å². The number of nitrogens with one attached hydrogen (secondary N) is 1. The van der Waals surface area contributed by atoms with Gasteiger partial charge in [-0.1, -0.05) is 30.3 Å². The maximum atomic E-state index is 12.5. The highest BCUT2D eigenvalue weighted by Crippen LogP contribution is 2.10. The van der Waals surface area contributed by atoms with Crippen molar-refractivity contribution in [3.05, 3.63) is 35.9 Å². The lowest BCUT2D eigenvalue weighted by molar-refractivity contribution is -0.156. The highest BCUT2D eigenvalue weighted by molar-refractivity contribution is 5.87. The molecule has 1 aromatic carbocycles. The summed E-state index contributed by atoms with van der Waals surface area (Å²) in [6.07, 6.45) is -1.66. The molecule has 7 heteroatoms. The molecule has 2 atom stereocenters. The van der Waals surface area contributed by atoms with Gasteiger partial charge < -0.3 is 19.9 Å². The van der Waals surface area contributed by atoms with Crippen LogP contribution in [0.3, 0.4) is 0 Å². The van der Waals surface area contributed by atoms with E-state index in [2.05, 4.69) is 5.32 Å². The normalized spacial score (nSPS) is 13.4. The summed E-state index contributed by atoms with van der Waals surface area (Å²) >= 11 is 0. The van der Waals surface area contributed by atoms with E-state index in [0.29, 0.717) is 0 Å². The zero-order valence-corrected chi connectivity index (χ0v) is 15.7. The first-order valence-electron chi connectivity index (χ1n) is 8.50. The molecule has 0 aliphatic heterocycles. The van der Waals surface area contributed by atoms with Gasteiger partial charge in [0.25, 0.3) is 0 Å². The molecule has 0 aromatic heterocycles. The second-order valence-electron chi connectivity index (χ2n) is 6.91. The molecule has 0 aliphatic rings. The van der Waals surface area contributed by atoms with E-state index in [1.54, 1.807) is 20.8 Å². The van der Waals surface area contributed by atoms with Crippen LogP contribution in [0.1, 0.15) is 39.7 Å². The van der Waals surface area contributed by atoms with E-state index >= 15 is 0 Å². The molecule has 1 aromatic rings. The average molecular weight is 365 g/mol. The second-order valence-corrected chi connectivity index (χ2v) is 6.91. The molecular weight excluding hydrogens is 338 g/mol. The van der Waals surface area contributed by atoms with Crippen LogP contribution < -0.4 is 5.32 Å². The summed E-state index contributed by atoms with van der Waals surface area (Å²) in [5, 5.41) is 11.3. The molecule has 0 bridgehead atoms. The van der Waals surface area contributed by atoms with E-state index < -0.39 is 35.6 Å². The third-order valence-corrected chi connectivity index (χ3v) is 3.36. The molecule has 1 amide bonds. The molecule has 0 aliphatic carbocycles. The van der Waals surface area contributed by atoms with Crippen molar-refractivity contribution in [2.75, 3.05) is 6.61 Å². The van der Waals surface area contributed by atoms with Gasteiger partial charge in [-0.15, -0.1) is 0 Å². The van der Waals surface area contributed by atoms with Gasteiger partial charge in [0.2, 0.25) is 0 Å². The zero-order valence-electron chi connectivity index (χ0n) is 15.7. The first-order chi connectivity index (χ1) is 12.1. The Balaban J connectivity index is 2.83. The van der Waals surface area contributed by atoms with Crippen LogP contribution in [0.4, 0.5) is 4.79 Å². The molecule has 0 heterocycles. The Morgan fingerprint density at radius 3 is 2.31 bits per heavy atom. The second kappa shape index (κ2) is 9.91. The number of benzene rings is 1. The molecule has 0 saturated carbocycles. The molecule has 26 heavy (non-hydrogen) atoms. The monoisotopic (exact) mass is 365 g/mol. The first-order valence-corrected chi connectivity index (χ1v) is 8.50. The number of rotatable bonds is 8. The summed E-state index contributed by atoms with van der Waals surface area (Å²) in [7, 11) is 0.